The lowest BCUT2D eigenvalue weighted by Gasteiger charge is -2.37. The lowest BCUT2D eigenvalue weighted by molar-refractivity contribution is -0.120. The minimum atomic E-state index is -0.375. The molecule has 0 radical (unpaired) electrons. The Balaban J connectivity index is 2.69. The van der Waals surface area contributed by atoms with Crippen molar-refractivity contribution in [1.82, 2.24) is 0 Å². The standard InChI is InChI=1S/C10H16Cl2O/c1-10(2,3)6-4-7(11)9(13)8(12)5-6/h6-8H,4-5H2,1-3H3/t7-,8-/m1/s1. The summed E-state index contributed by atoms with van der Waals surface area (Å²) in [6, 6.07) is 0. The second-order valence-corrected chi connectivity index (χ2v) is 5.93. The monoisotopic (exact) mass is 222 g/mol. The molecule has 1 aliphatic rings. The molecule has 1 fully saturated rings. The second-order valence-electron chi connectivity index (χ2n) is 4.87. The van der Waals surface area contributed by atoms with Gasteiger partial charge in [0.25, 0.3) is 0 Å². The molecule has 2 atom stereocenters. The summed E-state index contributed by atoms with van der Waals surface area (Å²) >= 11 is 11.9. The Morgan fingerprint density at radius 1 is 1.15 bits per heavy atom. The van der Waals surface area contributed by atoms with Crippen LogP contribution in [0.2, 0.25) is 0 Å². The fourth-order valence-electron chi connectivity index (χ4n) is 1.73. The Morgan fingerprint density at radius 2 is 1.54 bits per heavy atom. The Kier molecular flexibility index (Phi) is 3.29. The Hall–Kier alpha value is 0.250. The lowest BCUT2D eigenvalue weighted by Crippen LogP contribution is -2.39. The summed E-state index contributed by atoms with van der Waals surface area (Å²) in [5.74, 6) is 0.457. The minimum Gasteiger partial charge on any atom is -0.296 e. The molecule has 0 unspecified atom stereocenters. The SMILES string of the molecule is CC(C)(C)C1C[C@@H](Cl)C(=O)[C@H](Cl)C1. The third-order valence-corrected chi connectivity index (χ3v) is 3.61. The van der Waals surface area contributed by atoms with E-state index in [-0.39, 0.29) is 22.0 Å². The molecule has 13 heavy (non-hydrogen) atoms. The molecule has 1 aliphatic carbocycles. The Morgan fingerprint density at radius 3 is 1.85 bits per heavy atom. The first-order valence-corrected chi connectivity index (χ1v) is 5.51. The van der Waals surface area contributed by atoms with Gasteiger partial charge in [0.15, 0.2) is 5.78 Å². The molecule has 0 aromatic carbocycles. The molecule has 0 heterocycles. The van der Waals surface area contributed by atoms with Gasteiger partial charge in [-0.05, 0) is 24.2 Å². The molecule has 0 bridgehead atoms. The van der Waals surface area contributed by atoms with Crippen LogP contribution in [0.15, 0.2) is 0 Å². The van der Waals surface area contributed by atoms with Gasteiger partial charge in [-0.2, -0.15) is 0 Å². The third kappa shape index (κ3) is 2.60. The highest BCUT2D eigenvalue weighted by atomic mass is 35.5. The van der Waals surface area contributed by atoms with Crippen LogP contribution in [0, 0.1) is 11.3 Å². The van der Waals surface area contributed by atoms with Crippen LogP contribution >= 0.6 is 23.2 Å². The van der Waals surface area contributed by atoms with Crippen molar-refractivity contribution in [2.45, 2.75) is 44.4 Å². The summed E-state index contributed by atoms with van der Waals surface area (Å²) in [6.45, 7) is 6.50. The third-order valence-electron chi connectivity index (χ3n) is 2.83. The van der Waals surface area contributed by atoms with E-state index in [2.05, 4.69) is 20.8 Å². The van der Waals surface area contributed by atoms with E-state index in [1.807, 2.05) is 0 Å². The van der Waals surface area contributed by atoms with E-state index in [0.29, 0.717) is 5.92 Å². The summed E-state index contributed by atoms with van der Waals surface area (Å²) < 4.78 is 0. The second kappa shape index (κ2) is 3.78. The maximum absolute atomic E-state index is 11.3. The first kappa shape index (κ1) is 11.3. The molecule has 1 nitrogen and oxygen atoms in total. The summed E-state index contributed by atoms with van der Waals surface area (Å²) in [6.07, 6.45) is 1.54. The van der Waals surface area contributed by atoms with Crippen molar-refractivity contribution in [3.05, 3.63) is 0 Å². The van der Waals surface area contributed by atoms with E-state index in [9.17, 15) is 4.79 Å². The van der Waals surface area contributed by atoms with Gasteiger partial charge >= 0.3 is 0 Å². The van der Waals surface area contributed by atoms with E-state index in [1.165, 1.54) is 0 Å². The number of rotatable bonds is 0. The fourth-order valence-corrected chi connectivity index (χ4v) is 2.53. The molecule has 0 saturated heterocycles. The average molecular weight is 223 g/mol. The first-order chi connectivity index (χ1) is 5.82. The van der Waals surface area contributed by atoms with Crippen LogP contribution in [0.4, 0.5) is 0 Å². The molecular weight excluding hydrogens is 207 g/mol. The van der Waals surface area contributed by atoms with Gasteiger partial charge in [0, 0.05) is 0 Å². The number of carbonyl (C=O) groups is 1. The van der Waals surface area contributed by atoms with Crippen molar-refractivity contribution < 1.29 is 4.79 Å². The van der Waals surface area contributed by atoms with Gasteiger partial charge in [-0.15, -0.1) is 23.2 Å². The molecule has 1 rings (SSSR count). The zero-order valence-electron chi connectivity index (χ0n) is 8.31. The quantitative estimate of drug-likeness (QED) is 0.576. The van der Waals surface area contributed by atoms with Gasteiger partial charge in [0.1, 0.15) is 0 Å². The minimum absolute atomic E-state index is 0.00355. The first-order valence-electron chi connectivity index (χ1n) is 4.64. The van der Waals surface area contributed by atoms with Crippen LogP contribution < -0.4 is 0 Å². The fraction of sp³-hybridized carbons (Fsp3) is 0.900. The highest BCUT2D eigenvalue weighted by molar-refractivity contribution is 6.40. The van der Waals surface area contributed by atoms with Crippen LogP contribution in [0.1, 0.15) is 33.6 Å². The van der Waals surface area contributed by atoms with Gasteiger partial charge in [-0.1, -0.05) is 20.8 Å². The topological polar surface area (TPSA) is 17.1 Å². The largest absolute Gasteiger partial charge is 0.296 e. The van der Waals surface area contributed by atoms with Gasteiger partial charge in [-0.3, -0.25) is 4.79 Å². The molecule has 0 amide bonds. The number of Topliss-reactive ketones (excluding diaryl/α,β-unsaturated/α-hetero) is 1. The highest BCUT2D eigenvalue weighted by Crippen LogP contribution is 2.39. The molecule has 3 heteroatoms. The summed E-state index contributed by atoms with van der Waals surface area (Å²) in [5, 5.41) is -0.749. The molecule has 0 aromatic rings. The van der Waals surface area contributed by atoms with Crippen molar-refractivity contribution in [3.8, 4) is 0 Å². The van der Waals surface area contributed by atoms with E-state index < -0.39 is 0 Å². The van der Waals surface area contributed by atoms with Gasteiger partial charge < -0.3 is 0 Å². The summed E-state index contributed by atoms with van der Waals surface area (Å²) in [4.78, 5) is 11.3. The molecule has 1 saturated carbocycles. The van der Waals surface area contributed by atoms with E-state index in [0.717, 1.165) is 12.8 Å². The number of carbonyl (C=O) groups excluding carboxylic acids is 1. The predicted octanol–water partition coefficient (Wildman–Crippen LogP) is 3.23. The van der Waals surface area contributed by atoms with Crippen molar-refractivity contribution in [1.29, 1.82) is 0 Å². The van der Waals surface area contributed by atoms with Crippen LogP contribution in [0.5, 0.6) is 0 Å². The Labute approximate surface area is 89.8 Å². The Bertz CT molecular complexity index is 193. The van der Waals surface area contributed by atoms with Crippen LogP contribution in [0.25, 0.3) is 0 Å². The molecular formula is C10H16Cl2O. The maximum atomic E-state index is 11.3. The summed E-state index contributed by atoms with van der Waals surface area (Å²) in [5.41, 5.74) is 0.195. The van der Waals surface area contributed by atoms with Crippen LogP contribution in [-0.4, -0.2) is 16.5 Å². The number of alkyl halides is 2. The highest BCUT2D eigenvalue weighted by Gasteiger charge is 2.38. The number of hydrogen-bond acceptors (Lipinski definition) is 1. The van der Waals surface area contributed by atoms with Crippen molar-refractivity contribution >= 4 is 29.0 Å². The zero-order chi connectivity index (χ0) is 10.2. The maximum Gasteiger partial charge on any atom is 0.168 e. The smallest absolute Gasteiger partial charge is 0.168 e. The van der Waals surface area contributed by atoms with Crippen molar-refractivity contribution in [2.24, 2.45) is 11.3 Å². The van der Waals surface area contributed by atoms with Gasteiger partial charge in [0.05, 0.1) is 10.8 Å². The summed E-state index contributed by atoms with van der Waals surface area (Å²) in [7, 11) is 0. The van der Waals surface area contributed by atoms with E-state index in [4.69, 9.17) is 23.2 Å². The molecule has 0 spiro atoms. The van der Waals surface area contributed by atoms with E-state index >= 15 is 0 Å². The van der Waals surface area contributed by atoms with Crippen LogP contribution in [-0.2, 0) is 4.79 Å². The van der Waals surface area contributed by atoms with Gasteiger partial charge in [0.2, 0.25) is 0 Å². The molecule has 0 N–H and O–H groups in total. The van der Waals surface area contributed by atoms with Gasteiger partial charge in [-0.25, -0.2) is 0 Å². The number of hydrogen-bond donors (Lipinski definition) is 0. The number of ketones is 1. The normalized spacial score (nSPS) is 36.4. The number of halogens is 2. The zero-order valence-corrected chi connectivity index (χ0v) is 9.82. The molecule has 0 aromatic heterocycles. The van der Waals surface area contributed by atoms with Crippen molar-refractivity contribution in [2.75, 3.05) is 0 Å². The predicted molar refractivity (Wildman–Crippen MR) is 56.5 cm³/mol. The van der Waals surface area contributed by atoms with Crippen LogP contribution in [0.3, 0.4) is 0 Å². The molecule has 0 aliphatic heterocycles. The average Bonchev–Trinajstić information content (AvgIpc) is 1.97. The molecule has 76 valence electrons. The van der Waals surface area contributed by atoms with Crippen molar-refractivity contribution in [3.63, 3.8) is 0 Å². The van der Waals surface area contributed by atoms with E-state index in [1.54, 1.807) is 0 Å². The lowest BCUT2D eigenvalue weighted by atomic mass is 9.72.